The molecular formula is C11H14N2O2. The van der Waals surface area contributed by atoms with Gasteiger partial charge in [0.1, 0.15) is 5.75 Å². The van der Waals surface area contributed by atoms with Crippen LogP contribution >= 0.6 is 0 Å². The van der Waals surface area contributed by atoms with Gasteiger partial charge in [0, 0.05) is 25.6 Å². The summed E-state index contributed by atoms with van der Waals surface area (Å²) in [6.45, 7) is 1.20. The number of amides is 1. The molecule has 1 aromatic carbocycles. The van der Waals surface area contributed by atoms with Crippen LogP contribution in [-0.4, -0.2) is 28.5 Å². The molecule has 15 heavy (non-hydrogen) atoms. The third-order valence-corrected chi connectivity index (χ3v) is 2.55. The van der Waals surface area contributed by atoms with Gasteiger partial charge >= 0.3 is 0 Å². The third-order valence-electron chi connectivity index (χ3n) is 2.55. The lowest BCUT2D eigenvalue weighted by Gasteiger charge is -2.15. The van der Waals surface area contributed by atoms with Crippen LogP contribution in [0.2, 0.25) is 0 Å². The van der Waals surface area contributed by atoms with Gasteiger partial charge in [0.05, 0.1) is 0 Å². The van der Waals surface area contributed by atoms with Crippen LogP contribution < -0.4 is 5.73 Å². The van der Waals surface area contributed by atoms with Crippen LogP contribution in [0.1, 0.15) is 12.0 Å². The predicted octanol–water partition coefficient (Wildman–Crippen LogP) is 0.452. The third kappa shape index (κ3) is 2.27. The number of phenolic OH excluding ortho intramolecular Hbond substituents is 1. The predicted molar refractivity (Wildman–Crippen MR) is 56.1 cm³/mol. The number of nitrogens with two attached hydrogens (primary N) is 1. The molecule has 1 fully saturated rings. The van der Waals surface area contributed by atoms with Gasteiger partial charge in [-0.3, -0.25) is 4.79 Å². The van der Waals surface area contributed by atoms with Gasteiger partial charge in [-0.1, -0.05) is 12.1 Å². The minimum atomic E-state index is -0.0328. The van der Waals surface area contributed by atoms with E-state index in [4.69, 9.17) is 10.8 Å². The Morgan fingerprint density at radius 3 is 2.60 bits per heavy atom. The summed E-state index contributed by atoms with van der Waals surface area (Å²) in [5.41, 5.74) is 6.70. The molecule has 80 valence electrons. The van der Waals surface area contributed by atoms with E-state index in [0.717, 1.165) is 5.56 Å². The summed E-state index contributed by atoms with van der Waals surface area (Å²) >= 11 is 0. The Morgan fingerprint density at radius 1 is 1.40 bits per heavy atom. The van der Waals surface area contributed by atoms with Gasteiger partial charge in [-0.25, -0.2) is 0 Å². The Morgan fingerprint density at radius 2 is 2.07 bits per heavy atom. The van der Waals surface area contributed by atoms with E-state index in [9.17, 15) is 4.79 Å². The molecule has 1 aliphatic rings. The molecule has 4 nitrogen and oxygen atoms in total. The number of rotatable bonds is 2. The normalized spacial score (nSPS) is 21.0. The van der Waals surface area contributed by atoms with Gasteiger partial charge in [0.25, 0.3) is 0 Å². The monoisotopic (exact) mass is 206 g/mol. The molecule has 1 saturated heterocycles. The lowest BCUT2D eigenvalue weighted by Crippen LogP contribution is -2.27. The maximum absolute atomic E-state index is 11.5. The second kappa shape index (κ2) is 3.90. The van der Waals surface area contributed by atoms with Crippen LogP contribution in [0.15, 0.2) is 24.3 Å². The summed E-state index contributed by atoms with van der Waals surface area (Å²) in [7, 11) is 0. The molecule has 3 N–H and O–H groups in total. The zero-order valence-corrected chi connectivity index (χ0v) is 8.39. The summed E-state index contributed by atoms with van der Waals surface area (Å²) in [4.78, 5) is 13.2. The van der Waals surface area contributed by atoms with Crippen LogP contribution in [0.5, 0.6) is 5.75 Å². The lowest BCUT2D eigenvalue weighted by atomic mass is 10.2. The Labute approximate surface area is 88.3 Å². The van der Waals surface area contributed by atoms with Crippen LogP contribution in [0.3, 0.4) is 0 Å². The molecule has 1 aliphatic heterocycles. The molecule has 1 heterocycles. The molecular weight excluding hydrogens is 192 g/mol. The van der Waals surface area contributed by atoms with Crippen molar-refractivity contribution in [3.8, 4) is 5.75 Å². The SMILES string of the molecule is NC1CC(=O)N(Cc2ccc(O)cc2)C1. The molecule has 0 spiro atoms. The number of carbonyl (C=O) groups excluding carboxylic acids is 1. The van der Waals surface area contributed by atoms with E-state index >= 15 is 0 Å². The molecule has 0 bridgehead atoms. The molecule has 0 aromatic heterocycles. The number of benzene rings is 1. The van der Waals surface area contributed by atoms with E-state index in [1.807, 2.05) is 12.1 Å². The molecule has 0 aliphatic carbocycles. The Kier molecular flexibility index (Phi) is 2.60. The highest BCUT2D eigenvalue weighted by molar-refractivity contribution is 5.79. The molecule has 0 radical (unpaired) electrons. The van der Waals surface area contributed by atoms with E-state index < -0.39 is 0 Å². The van der Waals surface area contributed by atoms with Crippen molar-refractivity contribution in [1.82, 2.24) is 4.90 Å². The van der Waals surface area contributed by atoms with E-state index in [2.05, 4.69) is 0 Å². The molecule has 1 unspecified atom stereocenters. The average molecular weight is 206 g/mol. The van der Waals surface area contributed by atoms with Crippen LogP contribution in [-0.2, 0) is 11.3 Å². The summed E-state index contributed by atoms with van der Waals surface area (Å²) in [5.74, 6) is 0.346. The van der Waals surface area contributed by atoms with Crippen molar-refractivity contribution >= 4 is 5.91 Å². The molecule has 1 aromatic rings. The number of carbonyl (C=O) groups is 1. The van der Waals surface area contributed by atoms with E-state index in [0.29, 0.717) is 19.5 Å². The number of nitrogens with zero attached hydrogens (tertiary/aromatic N) is 1. The smallest absolute Gasteiger partial charge is 0.224 e. The van der Waals surface area contributed by atoms with Gasteiger partial charge in [0.2, 0.25) is 5.91 Å². The second-order valence-electron chi connectivity index (χ2n) is 3.90. The highest BCUT2D eigenvalue weighted by Gasteiger charge is 2.26. The van der Waals surface area contributed by atoms with Crippen molar-refractivity contribution in [3.05, 3.63) is 29.8 Å². The molecule has 1 atom stereocenters. The minimum absolute atomic E-state index is 0.0328. The first kappa shape index (κ1) is 9.98. The van der Waals surface area contributed by atoms with E-state index in [1.165, 1.54) is 0 Å². The first-order valence-corrected chi connectivity index (χ1v) is 4.96. The standard InChI is InChI=1S/C11H14N2O2/c12-9-5-11(15)13(7-9)6-8-1-3-10(14)4-2-8/h1-4,9,14H,5-7,12H2. The quantitative estimate of drug-likeness (QED) is 0.738. The Bertz CT molecular complexity index is 361. The highest BCUT2D eigenvalue weighted by atomic mass is 16.3. The Hall–Kier alpha value is -1.55. The van der Waals surface area contributed by atoms with E-state index in [1.54, 1.807) is 17.0 Å². The van der Waals surface area contributed by atoms with Crippen LogP contribution in [0, 0.1) is 0 Å². The van der Waals surface area contributed by atoms with E-state index in [-0.39, 0.29) is 17.7 Å². The summed E-state index contributed by atoms with van der Waals surface area (Å²) in [6.07, 6.45) is 0.443. The number of hydrogen-bond acceptors (Lipinski definition) is 3. The first-order chi connectivity index (χ1) is 7.15. The maximum Gasteiger partial charge on any atom is 0.224 e. The first-order valence-electron chi connectivity index (χ1n) is 4.96. The number of hydrogen-bond donors (Lipinski definition) is 2. The number of phenols is 1. The van der Waals surface area contributed by atoms with Gasteiger partial charge in [-0.05, 0) is 17.7 Å². The summed E-state index contributed by atoms with van der Waals surface area (Å²) in [6, 6.07) is 6.83. The van der Waals surface area contributed by atoms with Crippen molar-refractivity contribution in [2.75, 3.05) is 6.54 Å². The van der Waals surface area contributed by atoms with Crippen molar-refractivity contribution in [2.45, 2.75) is 19.0 Å². The lowest BCUT2D eigenvalue weighted by molar-refractivity contribution is -0.128. The molecule has 1 amide bonds. The summed E-state index contributed by atoms with van der Waals surface area (Å²) < 4.78 is 0. The van der Waals surface area contributed by atoms with Crippen LogP contribution in [0.4, 0.5) is 0 Å². The highest BCUT2D eigenvalue weighted by Crippen LogP contribution is 2.15. The minimum Gasteiger partial charge on any atom is -0.508 e. The number of aromatic hydroxyl groups is 1. The fourth-order valence-electron chi connectivity index (χ4n) is 1.78. The van der Waals surface area contributed by atoms with Crippen molar-refractivity contribution in [2.24, 2.45) is 5.73 Å². The fraction of sp³-hybridized carbons (Fsp3) is 0.364. The zero-order chi connectivity index (χ0) is 10.8. The molecule has 2 rings (SSSR count). The second-order valence-corrected chi connectivity index (χ2v) is 3.90. The van der Waals surface area contributed by atoms with Crippen LogP contribution in [0.25, 0.3) is 0 Å². The van der Waals surface area contributed by atoms with Gasteiger partial charge < -0.3 is 15.7 Å². The topological polar surface area (TPSA) is 66.6 Å². The zero-order valence-electron chi connectivity index (χ0n) is 8.39. The largest absolute Gasteiger partial charge is 0.508 e. The number of likely N-dealkylation sites (tertiary alicyclic amines) is 1. The van der Waals surface area contributed by atoms with Crippen molar-refractivity contribution in [3.63, 3.8) is 0 Å². The van der Waals surface area contributed by atoms with Gasteiger partial charge in [0.15, 0.2) is 0 Å². The van der Waals surface area contributed by atoms with Gasteiger partial charge in [-0.15, -0.1) is 0 Å². The average Bonchev–Trinajstić information content (AvgIpc) is 2.49. The maximum atomic E-state index is 11.5. The van der Waals surface area contributed by atoms with Gasteiger partial charge in [-0.2, -0.15) is 0 Å². The molecule has 0 saturated carbocycles. The van der Waals surface area contributed by atoms with Crippen molar-refractivity contribution < 1.29 is 9.90 Å². The fourth-order valence-corrected chi connectivity index (χ4v) is 1.78. The Balaban J connectivity index is 2.03. The summed E-state index contributed by atoms with van der Waals surface area (Å²) in [5, 5.41) is 9.11. The molecule has 4 heteroatoms. The van der Waals surface area contributed by atoms with Crippen molar-refractivity contribution in [1.29, 1.82) is 0 Å².